The fourth-order valence-electron chi connectivity index (χ4n) is 3.79. The zero-order valence-electron chi connectivity index (χ0n) is 21.7. The van der Waals surface area contributed by atoms with Gasteiger partial charge in [0, 0.05) is 24.5 Å². The average Bonchev–Trinajstić information content (AvgIpc) is 2.77. The molecule has 0 unspecified atom stereocenters. The molecule has 0 atom stereocenters. The molecule has 9 heteroatoms. The first kappa shape index (κ1) is 27.9. The molecule has 1 aromatic heterocycles. The van der Waals surface area contributed by atoms with Gasteiger partial charge in [0.05, 0.1) is 29.4 Å². The molecule has 36 heavy (non-hydrogen) atoms. The van der Waals surface area contributed by atoms with E-state index in [-0.39, 0.29) is 34.0 Å². The monoisotopic (exact) mass is 532 g/mol. The summed E-state index contributed by atoms with van der Waals surface area (Å²) < 4.78 is 27.7. The standard InChI is InChI=1S/C27H34ClFN2O4Si/c1-7-34-26(33)20-16-31(11-12-35-36(5,6)27(2,3)4)24-19(25(20)32)14-17(15-22(24)30)13-18-9-8-10-21(28)23(18)29/h8-10,14-16H,7,11-13,30H2,1-6H3. The minimum Gasteiger partial charge on any atom is -0.462 e. The van der Waals surface area contributed by atoms with E-state index in [1.807, 2.05) is 0 Å². The van der Waals surface area contributed by atoms with Crippen LogP contribution in [0.4, 0.5) is 10.1 Å². The minimum atomic E-state index is -2.01. The van der Waals surface area contributed by atoms with E-state index in [1.54, 1.807) is 35.8 Å². The second kappa shape index (κ2) is 10.7. The van der Waals surface area contributed by atoms with Crippen LogP contribution in [-0.4, -0.2) is 32.1 Å². The summed E-state index contributed by atoms with van der Waals surface area (Å²) in [6.07, 6.45) is 1.68. The summed E-state index contributed by atoms with van der Waals surface area (Å²) in [5.41, 5.74) is 7.73. The van der Waals surface area contributed by atoms with Crippen molar-refractivity contribution in [2.45, 2.75) is 58.8 Å². The molecule has 0 spiro atoms. The van der Waals surface area contributed by atoms with Crippen LogP contribution in [0.3, 0.4) is 0 Å². The van der Waals surface area contributed by atoms with E-state index >= 15 is 0 Å². The Morgan fingerprint density at radius 1 is 1.22 bits per heavy atom. The highest BCUT2D eigenvalue weighted by Crippen LogP contribution is 2.36. The zero-order valence-corrected chi connectivity index (χ0v) is 23.5. The summed E-state index contributed by atoms with van der Waals surface area (Å²) >= 11 is 5.93. The third-order valence-corrected chi connectivity index (χ3v) is 11.6. The number of hydrogen-bond donors (Lipinski definition) is 1. The number of nitrogens with two attached hydrogens (primary N) is 1. The number of nitrogens with zero attached hydrogens (tertiary/aromatic N) is 1. The molecule has 1 heterocycles. The summed E-state index contributed by atoms with van der Waals surface area (Å²) in [5.74, 6) is -1.22. The number of nitrogen functional groups attached to an aromatic ring is 1. The van der Waals surface area contributed by atoms with Gasteiger partial charge in [-0.15, -0.1) is 0 Å². The van der Waals surface area contributed by atoms with E-state index in [0.29, 0.717) is 35.5 Å². The molecule has 0 aliphatic carbocycles. The number of carbonyl (C=O) groups excluding carboxylic acids is 1. The smallest absolute Gasteiger partial charge is 0.343 e. The van der Waals surface area contributed by atoms with E-state index < -0.39 is 25.5 Å². The molecule has 3 aromatic rings. The Hall–Kier alpha value is -2.68. The van der Waals surface area contributed by atoms with Crippen LogP contribution in [0.2, 0.25) is 23.2 Å². The molecule has 3 rings (SSSR count). The topological polar surface area (TPSA) is 83.6 Å². The van der Waals surface area contributed by atoms with Crippen molar-refractivity contribution in [3.8, 4) is 0 Å². The first-order valence-corrected chi connectivity index (χ1v) is 15.2. The number of anilines is 1. The number of fused-ring (bicyclic) bond motifs is 1. The lowest BCUT2D eigenvalue weighted by molar-refractivity contribution is 0.0524. The largest absolute Gasteiger partial charge is 0.462 e. The quantitative estimate of drug-likeness (QED) is 0.213. The van der Waals surface area contributed by atoms with Gasteiger partial charge >= 0.3 is 5.97 Å². The lowest BCUT2D eigenvalue weighted by atomic mass is 10.00. The van der Waals surface area contributed by atoms with Gasteiger partial charge in [0.1, 0.15) is 11.4 Å². The Kier molecular flexibility index (Phi) is 8.32. The molecular formula is C27H34ClFN2O4Si. The normalized spacial score (nSPS) is 12.2. The molecule has 0 saturated carbocycles. The van der Waals surface area contributed by atoms with Gasteiger partial charge in [-0.1, -0.05) is 44.5 Å². The second-order valence-electron chi connectivity index (χ2n) is 10.4. The van der Waals surface area contributed by atoms with Crippen LogP contribution in [0.5, 0.6) is 0 Å². The first-order chi connectivity index (χ1) is 16.8. The van der Waals surface area contributed by atoms with E-state index in [4.69, 9.17) is 26.5 Å². The Balaban J connectivity index is 2.09. The summed E-state index contributed by atoms with van der Waals surface area (Å²) in [4.78, 5) is 26.0. The maximum Gasteiger partial charge on any atom is 0.343 e. The van der Waals surface area contributed by atoms with Crippen LogP contribution < -0.4 is 11.2 Å². The van der Waals surface area contributed by atoms with Gasteiger partial charge < -0.3 is 19.5 Å². The lowest BCUT2D eigenvalue weighted by Gasteiger charge is -2.36. The molecule has 0 saturated heterocycles. The van der Waals surface area contributed by atoms with Gasteiger partial charge in [0.15, 0.2) is 8.32 Å². The van der Waals surface area contributed by atoms with Crippen LogP contribution in [0.1, 0.15) is 49.2 Å². The van der Waals surface area contributed by atoms with Crippen LogP contribution in [0.15, 0.2) is 41.3 Å². The molecular weight excluding hydrogens is 499 g/mol. The molecule has 0 aliphatic rings. The molecule has 0 aliphatic heterocycles. The van der Waals surface area contributed by atoms with E-state index in [1.165, 1.54) is 12.3 Å². The SMILES string of the molecule is CCOC(=O)c1cn(CCO[Si](C)(C)C(C)(C)C)c2c(N)cc(Cc3cccc(Cl)c3F)cc2c1=O. The Morgan fingerprint density at radius 2 is 1.92 bits per heavy atom. The molecule has 2 N–H and O–H groups in total. The van der Waals surface area contributed by atoms with Gasteiger partial charge in [-0.3, -0.25) is 4.79 Å². The van der Waals surface area contributed by atoms with E-state index in [0.717, 1.165) is 0 Å². The maximum absolute atomic E-state index is 14.5. The van der Waals surface area contributed by atoms with Gasteiger partial charge in [0.2, 0.25) is 5.43 Å². The van der Waals surface area contributed by atoms with Crippen LogP contribution in [-0.2, 0) is 22.1 Å². The molecule has 0 fully saturated rings. The average molecular weight is 533 g/mol. The van der Waals surface area contributed by atoms with Gasteiger partial charge in [0.25, 0.3) is 0 Å². The van der Waals surface area contributed by atoms with Crippen molar-refractivity contribution in [3.05, 3.63) is 74.3 Å². The number of ether oxygens (including phenoxy) is 1. The fourth-order valence-corrected chi connectivity index (χ4v) is 5.02. The summed E-state index contributed by atoms with van der Waals surface area (Å²) in [6.45, 7) is 13.4. The number of hydrogen-bond acceptors (Lipinski definition) is 5. The molecule has 194 valence electrons. The number of rotatable bonds is 8. The van der Waals surface area contributed by atoms with Crippen molar-refractivity contribution >= 4 is 42.5 Å². The predicted octanol–water partition coefficient (Wildman–Crippen LogP) is 6.17. The number of carbonyl (C=O) groups is 1. The van der Waals surface area contributed by atoms with Crippen molar-refractivity contribution in [2.24, 2.45) is 0 Å². The van der Waals surface area contributed by atoms with Crippen LogP contribution >= 0.6 is 11.6 Å². The lowest BCUT2D eigenvalue weighted by Crippen LogP contribution is -2.41. The van der Waals surface area contributed by atoms with Crippen LogP contribution in [0, 0.1) is 5.82 Å². The molecule has 6 nitrogen and oxygen atoms in total. The van der Waals surface area contributed by atoms with Crippen molar-refractivity contribution in [2.75, 3.05) is 18.9 Å². The fraction of sp³-hybridized carbons (Fsp3) is 0.407. The third kappa shape index (κ3) is 5.82. The predicted molar refractivity (Wildman–Crippen MR) is 146 cm³/mol. The molecule has 2 aromatic carbocycles. The van der Waals surface area contributed by atoms with Crippen molar-refractivity contribution in [1.29, 1.82) is 0 Å². The van der Waals surface area contributed by atoms with E-state index in [2.05, 4.69) is 33.9 Å². The van der Waals surface area contributed by atoms with E-state index in [9.17, 15) is 14.0 Å². The van der Waals surface area contributed by atoms with Crippen LogP contribution in [0.25, 0.3) is 10.9 Å². The molecule has 0 radical (unpaired) electrons. The van der Waals surface area contributed by atoms with Crippen molar-refractivity contribution < 1.29 is 18.3 Å². The second-order valence-corrected chi connectivity index (χ2v) is 15.6. The number of pyridine rings is 1. The van der Waals surface area contributed by atoms with Crippen molar-refractivity contribution in [3.63, 3.8) is 0 Å². The zero-order chi connectivity index (χ0) is 26.8. The summed E-state index contributed by atoms with van der Waals surface area (Å²) in [6, 6.07) is 8.15. The Morgan fingerprint density at radius 3 is 2.56 bits per heavy atom. The highest BCUT2D eigenvalue weighted by Gasteiger charge is 2.37. The van der Waals surface area contributed by atoms with Crippen molar-refractivity contribution in [1.82, 2.24) is 4.57 Å². The highest BCUT2D eigenvalue weighted by atomic mass is 35.5. The van der Waals surface area contributed by atoms with Gasteiger partial charge in [-0.2, -0.15) is 0 Å². The summed E-state index contributed by atoms with van der Waals surface area (Å²) in [7, 11) is -2.01. The first-order valence-electron chi connectivity index (χ1n) is 12.0. The maximum atomic E-state index is 14.5. The highest BCUT2D eigenvalue weighted by molar-refractivity contribution is 6.74. The Labute approximate surface area is 217 Å². The number of halogens is 2. The number of esters is 1. The minimum absolute atomic E-state index is 0.0231. The number of aromatic nitrogens is 1. The van der Waals surface area contributed by atoms with Gasteiger partial charge in [-0.25, -0.2) is 9.18 Å². The molecule has 0 amide bonds. The molecule has 0 bridgehead atoms. The van der Waals surface area contributed by atoms with Gasteiger partial charge in [-0.05, 0) is 54.4 Å². The third-order valence-electron chi connectivity index (χ3n) is 6.78. The summed E-state index contributed by atoms with van der Waals surface area (Å²) in [5, 5.41) is 0.332. The Bertz CT molecular complexity index is 1350. The number of benzene rings is 2.